The fourth-order valence-corrected chi connectivity index (χ4v) is 4.54. The van der Waals surface area contributed by atoms with Crippen molar-refractivity contribution in [3.05, 3.63) is 30.3 Å². The molecule has 0 saturated carbocycles. The van der Waals surface area contributed by atoms with Crippen LogP contribution in [-0.4, -0.2) is 50.4 Å². The van der Waals surface area contributed by atoms with E-state index in [1.54, 1.807) is 16.7 Å². The molecule has 0 unspecified atom stereocenters. The van der Waals surface area contributed by atoms with E-state index in [1.165, 1.54) is 7.05 Å². The molecule has 5 nitrogen and oxygen atoms in total. The van der Waals surface area contributed by atoms with Crippen LogP contribution in [0.4, 0.5) is 0 Å². The predicted molar refractivity (Wildman–Crippen MR) is 89.4 cm³/mol. The van der Waals surface area contributed by atoms with E-state index in [4.69, 9.17) is 0 Å². The minimum Gasteiger partial charge on any atom is -0.343 e. The zero-order valence-corrected chi connectivity index (χ0v) is 14.3. The summed E-state index contributed by atoms with van der Waals surface area (Å²) in [5.74, 6) is 0.862. The number of benzene rings is 1. The summed E-state index contributed by atoms with van der Waals surface area (Å²) in [6.45, 7) is 1.06. The maximum atomic E-state index is 12.2. The van der Waals surface area contributed by atoms with Gasteiger partial charge in [0, 0.05) is 30.2 Å². The fraction of sp³-hybridized carbons (Fsp3) is 0.533. The SMILES string of the molecule is CNS(=O)(=O)C1CCN(C(=O)CCSc2ccccc2)CC1. The molecular formula is C15H22N2O3S2. The van der Waals surface area contributed by atoms with Crippen molar-refractivity contribution in [2.24, 2.45) is 0 Å². The van der Waals surface area contributed by atoms with Crippen LogP contribution < -0.4 is 4.72 Å². The third kappa shape index (κ3) is 4.72. The number of rotatable bonds is 6. The van der Waals surface area contributed by atoms with Gasteiger partial charge in [-0.15, -0.1) is 11.8 Å². The van der Waals surface area contributed by atoms with Crippen LogP contribution in [-0.2, 0) is 14.8 Å². The molecule has 1 saturated heterocycles. The van der Waals surface area contributed by atoms with E-state index in [2.05, 4.69) is 4.72 Å². The number of thioether (sulfide) groups is 1. The van der Waals surface area contributed by atoms with Gasteiger partial charge in [0.15, 0.2) is 0 Å². The molecule has 0 aromatic heterocycles. The summed E-state index contributed by atoms with van der Waals surface area (Å²) in [4.78, 5) is 15.1. The lowest BCUT2D eigenvalue weighted by molar-refractivity contribution is -0.131. The highest BCUT2D eigenvalue weighted by atomic mass is 32.2. The van der Waals surface area contributed by atoms with Gasteiger partial charge < -0.3 is 4.90 Å². The lowest BCUT2D eigenvalue weighted by Crippen LogP contribution is -2.44. The Balaban J connectivity index is 1.73. The second-order valence-corrected chi connectivity index (χ2v) is 8.57. The first-order chi connectivity index (χ1) is 10.5. The van der Waals surface area contributed by atoms with E-state index in [0.29, 0.717) is 32.4 Å². The molecule has 0 bridgehead atoms. The molecule has 122 valence electrons. The van der Waals surface area contributed by atoms with E-state index in [9.17, 15) is 13.2 Å². The zero-order chi connectivity index (χ0) is 16.0. The Bertz CT molecular complexity index is 582. The summed E-state index contributed by atoms with van der Waals surface area (Å²) >= 11 is 1.67. The average Bonchev–Trinajstić information content (AvgIpc) is 2.56. The number of piperidine rings is 1. The van der Waals surface area contributed by atoms with Crippen LogP contribution in [0.3, 0.4) is 0 Å². The summed E-state index contributed by atoms with van der Waals surface area (Å²) in [5.41, 5.74) is 0. The molecule has 0 radical (unpaired) electrons. The number of nitrogens with one attached hydrogen (secondary N) is 1. The molecule has 0 atom stereocenters. The Labute approximate surface area is 136 Å². The second-order valence-electron chi connectivity index (χ2n) is 5.24. The topological polar surface area (TPSA) is 66.5 Å². The van der Waals surface area contributed by atoms with Crippen LogP contribution in [0.25, 0.3) is 0 Å². The molecule has 1 aromatic rings. The molecule has 1 aliphatic rings. The molecule has 1 fully saturated rings. The van der Waals surface area contributed by atoms with Gasteiger partial charge >= 0.3 is 0 Å². The van der Waals surface area contributed by atoms with Gasteiger partial charge in [-0.25, -0.2) is 13.1 Å². The Kier molecular flexibility index (Phi) is 6.28. The smallest absolute Gasteiger partial charge is 0.223 e. The number of carbonyl (C=O) groups excluding carboxylic acids is 1. The van der Waals surface area contributed by atoms with Crippen LogP contribution in [0.1, 0.15) is 19.3 Å². The van der Waals surface area contributed by atoms with Crippen molar-refractivity contribution < 1.29 is 13.2 Å². The molecule has 1 aliphatic heterocycles. The van der Waals surface area contributed by atoms with Crippen LogP contribution in [0.15, 0.2) is 35.2 Å². The van der Waals surface area contributed by atoms with Gasteiger partial charge in [0.05, 0.1) is 5.25 Å². The van der Waals surface area contributed by atoms with Gasteiger partial charge in [-0.1, -0.05) is 18.2 Å². The minimum absolute atomic E-state index is 0.115. The number of carbonyl (C=O) groups is 1. The summed E-state index contributed by atoms with van der Waals surface area (Å²) in [6.07, 6.45) is 1.52. The molecular weight excluding hydrogens is 320 g/mol. The molecule has 1 N–H and O–H groups in total. The van der Waals surface area contributed by atoms with E-state index in [1.807, 2.05) is 30.3 Å². The Hall–Kier alpha value is -1.05. The Morgan fingerprint density at radius 2 is 1.91 bits per heavy atom. The number of sulfonamides is 1. The quantitative estimate of drug-likeness (QED) is 0.799. The number of hydrogen-bond acceptors (Lipinski definition) is 4. The van der Waals surface area contributed by atoms with Gasteiger partial charge in [-0.3, -0.25) is 4.79 Å². The average molecular weight is 342 g/mol. The van der Waals surface area contributed by atoms with Gasteiger partial charge in [-0.2, -0.15) is 0 Å². The minimum atomic E-state index is -3.22. The fourth-order valence-electron chi connectivity index (χ4n) is 2.51. The molecule has 1 heterocycles. The standard InChI is InChI=1S/C15H22N2O3S2/c1-16-22(19,20)14-7-10-17(11-8-14)15(18)9-12-21-13-5-3-2-4-6-13/h2-6,14,16H,7-12H2,1H3. The van der Waals surface area contributed by atoms with Crippen molar-refractivity contribution >= 4 is 27.7 Å². The number of nitrogens with zero attached hydrogens (tertiary/aromatic N) is 1. The highest BCUT2D eigenvalue weighted by Gasteiger charge is 2.30. The van der Waals surface area contributed by atoms with Gasteiger partial charge in [-0.05, 0) is 32.0 Å². The number of likely N-dealkylation sites (tertiary alicyclic amines) is 1. The zero-order valence-electron chi connectivity index (χ0n) is 12.7. The maximum Gasteiger partial charge on any atom is 0.223 e. The summed E-state index contributed by atoms with van der Waals surface area (Å²) in [5, 5.41) is -0.375. The van der Waals surface area contributed by atoms with Gasteiger partial charge in [0.1, 0.15) is 0 Å². The summed E-state index contributed by atoms with van der Waals surface area (Å²) < 4.78 is 25.9. The normalized spacial score (nSPS) is 16.7. The second kappa shape index (κ2) is 7.99. The van der Waals surface area contributed by atoms with E-state index in [0.717, 1.165) is 10.6 Å². The molecule has 2 rings (SSSR count). The van der Waals surface area contributed by atoms with Crippen LogP contribution in [0.5, 0.6) is 0 Å². The van der Waals surface area contributed by atoms with Crippen molar-refractivity contribution in [2.45, 2.75) is 29.4 Å². The van der Waals surface area contributed by atoms with E-state index >= 15 is 0 Å². The van der Waals surface area contributed by atoms with Crippen molar-refractivity contribution in [2.75, 3.05) is 25.9 Å². The molecule has 7 heteroatoms. The van der Waals surface area contributed by atoms with Crippen LogP contribution >= 0.6 is 11.8 Å². The predicted octanol–water partition coefficient (Wildman–Crippen LogP) is 1.71. The Morgan fingerprint density at radius 3 is 2.50 bits per heavy atom. The number of hydrogen-bond donors (Lipinski definition) is 1. The molecule has 1 amide bonds. The van der Waals surface area contributed by atoms with Crippen molar-refractivity contribution in [1.82, 2.24) is 9.62 Å². The highest BCUT2D eigenvalue weighted by Crippen LogP contribution is 2.20. The lowest BCUT2D eigenvalue weighted by atomic mass is 10.1. The third-order valence-electron chi connectivity index (χ3n) is 3.85. The largest absolute Gasteiger partial charge is 0.343 e. The van der Waals surface area contributed by atoms with E-state index < -0.39 is 10.0 Å². The first-order valence-corrected chi connectivity index (χ1v) is 9.94. The van der Waals surface area contributed by atoms with Crippen LogP contribution in [0.2, 0.25) is 0 Å². The first kappa shape index (κ1) is 17.3. The van der Waals surface area contributed by atoms with Crippen LogP contribution in [0, 0.1) is 0 Å². The van der Waals surface area contributed by atoms with Crippen molar-refractivity contribution in [1.29, 1.82) is 0 Å². The summed E-state index contributed by atoms with van der Waals surface area (Å²) in [6, 6.07) is 10.00. The molecule has 1 aromatic carbocycles. The molecule has 0 spiro atoms. The van der Waals surface area contributed by atoms with E-state index in [-0.39, 0.29) is 11.2 Å². The maximum absolute atomic E-state index is 12.2. The van der Waals surface area contributed by atoms with Gasteiger partial charge in [0.2, 0.25) is 15.9 Å². The lowest BCUT2D eigenvalue weighted by Gasteiger charge is -2.31. The Morgan fingerprint density at radius 1 is 1.27 bits per heavy atom. The third-order valence-corrected chi connectivity index (χ3v) is 6.78. The van der Waals surface area contributed by atoms with Crippen molar-refractivity contribution in [3.8, 4) is 0 Å². The monoisotopic (exact) mass is 342 g/mol. The first-order valence-electron chi connectivity index (χ1n) is 7.41. The number of amides is 1. The van der Waals surface area contributed by atoms with Gasteiger partial charge in [0.25, 0.3) is 0 Å². The molecule has 22 heavy (non-hydrogen) atoms. The highest BCUT2D eigenvalue weighted by molar-refractivity contribution is 7.99. The summed E-state index contributed by atoms with van der Waals surface area (Å²) in [7, 11) is -1.78. The molecule has 0 aliphatic carbocycles. The van der Waals surface area contributed by atoms with Crippen molar-refractivity contribution in [3.63, 3.8) is 0 Å².